The molecule has 174 valence electrons. The van der Waals surface area contributed by atoms with Crippen LogP contribution in [0.1, 0.15) is 39.6 Å². The van der Waals surface area contributed by atoms with Crippen LogP contribution < -0.4 is 5.32 Å². The SMILES string of the molecule is CC1=Nc2ncc(-c3ccn4nc(NC5CCOCC5)ncc34)cc2CC1C1CC(F)(F)C1.[HH]. The van der Waals surface area contributed by atoms with Crippen molar-refractivity contribution in [2.24, 2.45) is 16.8 Å². The van der Waals surface area contributed by atoms with E-state index in [1.54, 1.807) is 0 Å². The maximum atomic E-state index is 13.4. The number of ether oxygens (including phenoxy) is 1. The lowest BCUT2D eigenvalue weighted by atomic mass is 9.69. The highest BCUT2D eigenvalue weighted by Gasteiger charge is 2.49. The van der Waals surface area contributed by atoms with Gasteiger partial charge in [-0.05, 0) is 49.8 Å². The fraction of sp³-hybridized carbons (Fsp3) is 0.500. The first kappa shape index (κ1) is 20.7. The highest BCUT2D eigenvalue weighted by Crippen LogP contribution is 2.49. The average Bonchev–Trinajstić information content (AvgIpc) is 3.21. The Labute approximate surface area is 191 Å². The minimum atomic E-state index is -2.52. The lowest BCUT2D eigenvalue weighted by molar-refractivity contribution is -0.118. The third-order valence-electron chi connectivity index (χ3n) is 7.17. The number of nitrogens with one attached hydrogen (secondary N) is 1. The third kappa shape index (κ3) is 3.88. The van der Waals surface area contributed by atoms with Crippen LogP contribution >= 0.6 is 0 Å². The van der Waals surface area contributed by atoms with Gasteiger partial charge in [0.15, 0.2) is 5.82 Å². The van der Waals surface area contributed by atoms with E-state index in [1.807, 2.05) is 36.1 Å². The highest BCUT2D eigenvalue weighted by atomic mass is 19.3. The second-order valence-electron chi connectivity index (χ2n) is 9.47. The minimum absolute atomic E-state index is 0. The van der Waals surface area contributed by atoms with Crippen LogP contribution in [0.25, 0.3) is 16.6 Å². The fourth-order valence-electron chi connectivity index (χ4n) is 5.27. The Balaban J connectivity index is 0.00000241. The third-order valence-corrected chi connectivity index (χ3v) is 7.17. The molecule has 3 aromatic rings. The number of nitrogens with zero attached hydrogens (tertiary/aromatic N) is 5. The minimum Gasteiger partial charge on any atom is -0.381 e. The van der Waals surface area contributed by atoms with Gasteiger partial charge in [0.2, 0.25) is 11.9 Å². The molecule has 5 heterocycles. The Hall–Kier alpha value is -2.94. The molecule has 0 amide bonds. The van der Waals surface area contributed by atoms with Gasteiger partial charge in [-0.15, -0.1) is 5.10 Å². The topological polar surface area (TPSA) is 76.7 Å². The number of hydrogen-bond donors (Lipinski definition) is 1. The average molecular weight is 455 g/mol. The normalized spacial score (nSPS) is 23.1. The molecule has 33 heavy (non-hydrogen) atoms. The number of aliphatic imine (C=N–C) groups is 1. The molecule has 0 bridgehead atoms. The molecule has 1 atom stereocenters. The van der Waals surface area contributed by atoms with Gasteiger partial charge in [0.05, 0.1) is 11.7 Å². The Kier molecular flexibility index (Phi) is 4.90. The summed E-state index contributed by atoms with van der Waals surface area (Å²) in [6, 6.07) is 4.42. The molecule has 6 rings (SSSR count). The summed E-state index contributed by atoms with van der Waals surface area (Å²) in [6.45, 7) is 3.45. The lowest BCUT2D eigenvalue weighted by Crippen LogP contribution is -2.43. The summed E-state index contributed by atoms with van der Waals surface area (Å²) in [7, 11) is 0. The Morgan fingerprint density at radius 2 is 2.00 bits per heavy atom. The largest absolute Gasteiger partial charge is 0.381 e. The van der Waals surface area contributed by atoms with Crippen molar-refractivity contribution in [2.75, 3.05) is 18.5 Å². The van der Waals surface area contributed by atoms with Gasteiger partial charge in [-0.1, -0.05) is 0 Å². The van der Waals surface area contributed by atoms with Crippen LogP contribution in [0.15, 0.2) is 35.7 Å². The second kappa shape index (κ2) is 7.83. The molecule has 2 aliphatic heterocycles. The summed E-state index contributed by atoms with van der Waals surface area (Å²) >= 11 is 0. The van der Waals surface area contributed by atoms with Crippen LogP contribution in [0.3, 0.4) is 0 Å². The van der Waals surface area contributed by atoms with Crippen molar-refractivity contribution >= 4 is 23.0 Å². The van der Waals surface area contributed by atoms with Crippen LogP contribution in [-0.2, 0) is 11.2 Å². The van der Waals surface area contributed by atoms with Gasteiger partial charge in [0.25, 0.3) is 0 Å². The van der Waals surface area contributed by atoms with Crippen molar-refractivity contribution in [3.05, 3.63) is 36.3 Å². The summed E-state index contributed by atoms with van der Waals surface area (Å²) in [6.07, 6.45) is 8.07. The molecule has 7 nitrogen and oxygen atoms in total. The van der Waals surface area contributed by atoms with Crippen molar-refractivity contribution in [2.45, 2.75) is 51.0 Å². The maximum Gasteiger partial charge on any atom is 0.248 e. The molecule has 1 unspecified atom stereocenters. The molecule has 1 saturated heterocycles. The van der Waals surface area contributed by atoms with E-state index in [9.17, 15) is 8.78 Å². The number of aromatic nitrogens is 4. The molecule has 1 aliphatic carbocycles. The molecule has 3 aliphatic rings. The van der Waals surface area contributed by atoms with Gasteiger partial charge in [0, 0.05) is 68.7 Å². The van der Waals surface area contributed by atoms with Crippen LogP contribution in [0, 0.1) is 11.8 Å². The Bertz CT molecular complexity index is 1230. The van der Waals surface area contributed by atoms with Crippen molar-refractivity contribution in [3.63, 3.8) is 0 Å². The smallest absolute Gasteiger partial charge is 0.248 e. The van der Waals surface area contributed by atoms with E-state index in [1.165, 1.54) is 0 Å². The summed E-state index contributed by atoms with van der Waals surface area (Å²) in [5, 5.41) is 8.02. The van der Waals surface area contributed by atoms with Gasteiger partial charge in [0.1, 0.15) is 0 Å². The molecule has 0 radical (unpaired) electrons. The van der Waals surface area contributed by atoms with Gasteiger partial charge in [-0.25, -0.2) is 28.3 Å². The molecule has 2 fully saturated rings. The zero-order valence-electron chi connectivity index (χ0n) is 18.5. The van der Waals surface area contributed by atoms with Crippen LogP contribution in [0.2, 0.25) is 0 Å². The van der Waals surface area contributed by atoms with Crippen molar-refractivity contribution in [1.82, 2.24) is 19.6 Å². The number of anilines is 1. The van der Waals surface area contributed by atoms with Crippen molar-refractivity contribution in [1.29, 1.82) is 0 Å². The predicted octanol–water partition coefficient (Wildman–Crippen LogP) is 4.94. The summed E-state index contributed by atoms with van der Waals surface area (Å²) < 4.78 is 34.1. The molecule has 9 heteroatoms. The molecule has 1 saturated carbocycles. The highest BCUT2D eigenvalue weighted by molar-refractivity contribution is 5.90. The van der Waals surface area contributed by atoms with E-state index in [0.717, 1.165) is 54.0 Å². The first-order valence-corrected chi connectivity index (χ1v) is 11.6. The first-order chi connectivity index (χ1) is 15.9. The van der Waals surface area contributed by atoms with E-state index in [-0.39, 0.29) is 26.1 Å². The van der Waals surface area contributed by atoms with E-state index < -0.39 is 5.92 Å². The molecular formula is C24H28F2N6O. The van der Waals surface area contributed by atoms with E-state index in [0.29, 0.717) is 24.2 Å². The summed E-state index contributed by atoms with van der Waals surface area (Å²) in [4.78, 5) is 13.8. The molecule has 0 aromatic carbocycles. The number of alkyl halides is 2. The zero-order valence-corrected chi connectivity index (χ0v) is 18.5. The quantitative estimate of drug-likeness (QED) is 0.604. The maximum absolute atomic E-state index is 13.4. The van der Waals surface area contributed by atoms with E-state index in [4.69, 9.17) is 4.74 Å². The zero-order chi connectivity index (χ0) is 22.6. The molecule has 0 spiro atoms. The van der Waals surface area contributed by atoms with Crippen LogP contribution in [0.4, 0.5) is 20.5 Å². The van der Waals surface area contributed by atoms with Gasteiger partial charge in [-0.3, -0.25) is 0 Å². The molecule has 1 N–H and O–H groups in total. The second-order valence-corrected chi connectivity index (χ2v) is 9.47. The lowest BCUT2D eigenvalue weighted by Gasteiger charge is -2.41. The van der Waals surface area contributed by atoms with Crippen molar-refractivity contribution in [3.8, 4) is 11.1 Å². The first-order valence-electron chi connectivity index (χ1n) is 11.6. The fourth-order valence-corrected chi connectivity index (χ4v) is 5.27. The molecule has 3 aromatic heterocycles. The summed E-state index contributed by atoms with van der Waals surface area (Å²) in [5.41, 5.74) is 4.75. The number of fused-ring (bicyclic) bond motifs is 2. The van der Waals surface area contributed by atoms with Gasteiger partial charge < -0.3 is 10.1 Å². The van der Waals surface area contributed by atoms with Crippen LogP contribution in [-0.4, -0.2) is 50.5 Å². The van der Waals surface area contributed by atoms with Crippen LogP contribution in [0.5, 0.6) is 0 Å². The summed E-state index contributed by atoms with van der Waals surface area (Å²) in [5.74, 6) is -1.17. The number of pyridine rings is 1. The predicted molar refractivity (Wildman–Crippen MR) is 123 cm³/mol. The number of halogens is 2. The van der Waals surface area contributed by atoms with Gasteiger partial charge >= 0.3 is 0 Å². The standard InChI is InChI=1S/C24H26F2N6O.H2/c1-14-20(17-10-24(25,26)11-17)9-15-8-16(12-27-22(15)29-14)19-2-5-32-21(19)13-28-23(31-32)30-18-3-6-33-7-4-18;/h2,5,8,12-13,17-18,20H,3-4,6-7,9-11H2,1H3,(H,30,31);1H. The Morgan fingerprint density at radius 1 is 1.18 bits per heavy atom. The monoisotopic (exact) mass is 454 g/mol. The van der Waals surface area contributed by atoms with Gasteiger partial charge in [-0.2, -0.15) is 0 Å². The van der Waals surface area contributed by atoms with E-state index in [2.05, 4.69) is 31.4 Å². The Morgan fingerprint density at radius 3 is 2.79 bits per heavy atom. The molecular weight excluding hydrogens is 426 g/mol. The number of hydrogen-bond acceptors (Lipinski definition) is 6. The van der Waals surface area contributed by atoms with Crippen molar-refractivity contribution < 1.29 is 14.9 Å². The number of rotatable bonds is 4. The van der Waals surface area contributed by atoms with E-state index >= 15 is 0 Å².